The van der Waals surface area contributed by atoms with E-state index in [1.165, 1.54) is 0 Å². The third-order valence-electron chi connectivity index (χ3n) is 2.68. The van der Waals surface area contributed by atoms with E-state index in [-0.39, 0.29) is 11.8 Å². The van der Waals surface area contributed by atoms with E-state index in [0.717, 1.165) is 26.2 Å². The normalized spacial score (nSPS) is 14.6. The first-order valence-electron chi connectivity index (χ1n) is 7.18. The second-order valence-electron chi connectivity index (χ2n) is 4.07. The number of carbonyl (C=O) groups is 2. The molecule has 0 aliphatic carbocycles. The van der Waals surface area contributed by atoms with E-state index in [2.05, 4.69) is 4.90 Å². The van der Waals surface area contributed by atoms with E-state index in [1.54, 1.807) is 25.9 Å². The van der Waals surface area contributed by atoms with Crippen molar-refractivity contribution in [3.8, 4) is 0 Å². The quantitative estimate of drug-likeness (QED) is 0.761. The number of carbonyl (C=O) groups excluding carboxylic acids is 2. The van der Waals surface area contributed by atoms with Gasteiger partial charge in [-0.05, 0) is 0 Å². The number of amides is 2. The maximum Gasteiger partial charge on any atom is 0.236 e. The second-order valence-corrected chi connectivity index (χ2v) is 4.07. The predicted octanol–water partition coefficient (Wildman–Crippen LogP) is 1.29. The largest absolute Gasteiger partial charge is 0.348 e. The van der Waals surface area contributed by atoms with Crippen LogP contribution >= 0.6 is 0 Å². The molecule has 0 atom stereocenters. The first-order valence-corrected chi connectivity index (χ1v) is 7.18. The molecule has 0 aromatic carbocycles. The van der Waals surface area contributed by atoms with Gasteiger partial charge in [-0.1, -0.05) is 27.7 Å². The Bertz CT molecular complexity index is 247. The highest BCUT2D eigenvalue weighted by Gasteiger charge is 2.20. The molecule has 1 rings (SSSR count). The molecule has 1 saturated heterocycles. The smallest absolute Gasteiger partial charge is 0.236 e. The molecule has 1 fully saturated rings. The molecule has 5 nitrogen and oxygen atoms in total. The lowest BCUT2D eigenvalue weighted by atomic mass is 10.3. The molecule has 5 heteroatoms. The van der Waals surface area contributed by atoms with Crippen molar-refractivity contribution in [3.63, 3.8) is 0 Å². The molecule has 2 amide bonds. The third-order valence-corrected chi connectivity index (χ3v) is 2.68. The zero-order valence-corrected chi connectivity index (χ0v) is 13.7. The Morgan fingerprint density at radius 2 is 1.37 bits per heavy atom. The van der Waals surface area contributed by atoms with Crippen molar-refractivity contribution in [2.24, 2.45) is 0 Å². The monoisotopic (exact) mass is 273 g/mol. The maximum absolute atomic E-state index is 11.4. The standard InChI is InChI=1S/C10H19N3O2.2C2H6/c1-9(14)13-6-4-12(5-7-13)8-10(15)11(2)3;2*1-2/h4-8H2,1-3H3;2*1-2H3. The number of rotatable bonds is 2. The van der Waals surface area contributed by atoms with Gasteiger partial charge in [-0.3, -0.25) is 14.5 Å². The molecule has 0 spiro atoms. The average Bonchev–Trinajstić information content (AvgIpc) is 2.43. The summed E-state index contributed by atoms with van der Waals surface area (Å²) >= 11 is 0. The van der Waals surface area contributed by atoms with Gasteiger partial charge in [0.1, 0.15) is 0 Å². The van der Waals surface area contributed by atoms with Crippen molar-refractivity contribution in [1.82, 2.24) is 14.7 Å². The summed E-state index contributed by atoms with van der Waals surface area (Å²) in [6, 6.07) is 0. The first kappa shape index (κ1) is 20.2. The van der Waals surface area contributed by atoms with Gasteiger partial charge in [0, 0.05) is 47.2 Å². The molecule has 0 aromatic rings. The van der Waals surface area contributed by atoms with E-state index in [9.17, 15) is 9.59 Å². The van der Waals surface area contributed by atoms with Crippen LogP contribution < -0.4 is 0 Å². The fourth-order valence-electron chi connectivity index (χ4n) is 1.55. The Labute approximate surface area is 118 Å². The first-order chi connectivity index (χ1) is 9.00. The van der Waals surface area contributed by atoms with Crippen LogP contribution in [0.15, 0.2) is 0 Å². The van der Waals surface area contributed by atoms with Crippen LogP contribution in [-0.2, 0) is 9.59 Å². The van der Waals surface area contributed by atoms with Crippen LogP contribution in [0, 0.1) is 0 Å². The summed E-state index contributed by atoms with van der Waals surface area (Å²) in [7, 11) is 3.52. The Morgan fingerprint density at radius 3 is 1.68 bits per heavy atom. The Kier molecular flexibility index (Phi) is 12.7. The van der Waals surface area contributed by atoms with E-state index >= 15 is 0 Å². The van der Waals surface area contributed by atoms with E-state index in [4.69, 9.17) is 0 Å². The summed E-state index contributed by atoms with van der Waals surface area (Å²) < 4.78 is 0. The van der Waals surface area contributed by atoms with Crippen LogP contribution in [0.3, 0.4) is 0 Å². The van der Waals surface area contributed by atoms with Gasteiger partial charge in [0.05, 0.1) is 6.54 Å². The molecule has 0 N–H and O–H groups in total. The fraction of sp³-hybridized carbons (Fsp3) is 0.857. The van der Waals surface area contributed by atoms with Crippen molar-refractivity contribution < 1.29 is 9.59 Å². The minimum Gasteiger partial charge on any atom is -0.348 e. The van der Waals surface area contributed by atoms with E-state index in [1.807, 2.05) is 32.6 Å². The molecular weight excluding hydrogens is 242 g/mol. The zero-order valence-electron chi connectivity index (χ0n) is 13.7. The molecule has 0 bridgehead atoms. The number of nitrogens with zero attached hydrogens (tertiary/aromatic N) is 3. The summed E-state index contributed by atoms with van der Waals surface area (Å²) in [4.78, 5) is 28.0. The highest BCUT2D eigenvalue weighted by atomic mass is 16.2. The van der Waals surface area contributed by atoms with Gasteiger partial charge in [-0.15, -0.1) is 0 Å². The predicted molar refractivity (Wildman–Crippen MR) is 80.1 cm³/mol. The number of piperazine rings is 1. The van der Waals surface area contributed by atoms with Gasteiger partial charge in [0.2, 0.25) is 11.8 Å². The van der Waals surface area contributed by atoms with Crippen LogP contribution in [0.5, 0.6) is 0 Å². The van der Waals surface area contributed by atoms with Crippen molar-refractivity contribution in [2.45, 2.75) is 34.6 Å². The van der Waals surface area contributed by atoms with E-state index < -0.39 is 0 Å². The van der Waals surface area contributed by atoms with Crippen LogP contribution in [0.2, 0.25) is 0 Å². The minimum atomic E-state index is 0.117. The lowest BCUT2D eigenvalue weighted by Gasteiger charge is -2.34. The fourth-order valence-corrected chi connectivity index (χ4v) is 1.55. The van der Waals surface area contributed by atoms with Crippen LogP contribution in [0.1, 0.15) is 34.6 Å². The summed E-state index contributed by atoms with van der Waals surface area (Å²) in [5, 5.41) is 0. The average molecular weight is 273 g/mol. The molecule has 1 aliphatic rings. The molecular formula is C14H31N3O2. The molecule has 1 heterocycles. The molecule has 114 valence electrons. The SMILES string of the molecule is CC.CC.CC(=O)N1CCN(CC(=O)N(C)C)CC1. The van der Waals surface area contributed by atoms with Crippen molar-refractivity contribution in [1.29, 1.82) is 0 Å². The van der Waals surface area contributed by atoms with Crippen molar-refractivity contribution in [3.05, 3.63) is 0 Å². The highest BCUT2D eigenvalue weighted by Crippen LogP contribution is 2.01. The maximum atomic E-state index is 11.4. The Balaban J connectivity index is 0. The number of hydrogen-bond donors (Lipinski definition) is 0. The van der Waals surface area contributed by atoms with Crippen LogP contribution in [-0.4, -0.2) is 73.3 Å². The van der Waals surface area contributed by atoms with Crippen molar-refractivity contribution in [2.75, 3.05) is 46.8 Å². The lowest BCUT2D eigenvalue weighted by molar-refractivity contribution is -0.132. The minimum absolute atomic E-state index is 0.117. The number of likely N-dealkylation sites (N-methyl/N-ethyl adjacent to an activating group) is 1. The van der Waals surface area contributed by atoms with Gasteiger partial charge in [-0.25, -0.2) is 0 Å². The van der Waals surface area contributed by atoms with Gasteiger partial charge in [0.25, 0.3) is 0 Å². The zero-order chi connectivity index (χ0) is 15.4. The van der Waals surface area contributed by atoms with Gasteiger partial charge in [-0.2, -0.15) is 0 Å². The second kappa shape index (κ2) is 12.0. The Morgan fingerprint density at radius 1 is 0.947 bits per heavy atom. The molecule has 1 aliphatic heterocycles. The molecule has 0 radical (unpaired) electrons. The van der Waals surface area contributed by atoms with Crippen molar-refractivity contribution >= 4 is 11.8 Å². The molecule has 0 aromatic heterocycles. The summed E-state index contributed by atoms with van der Waals surface area (Å²) in [5.41, 5.74) is 0. The Hall–Kier alpha value is -1.10. The number of hydrogen-bond acceptors (Lipinski definition) is 3. The lowest BCUT2D eigenvalue weighted by Crippen LogP contribution is -2.50. The summed E-state index contributed by atoms with van der Waals surface area (Å²) in [6.07, 6.45) is 0. The van der Waals surface area contributed by atoms with Gasteiger partial charge in [0.15, 0.2) is 0 Å². The van der Waals surface area contributed by atoms with Gasteiger partial charge < -0.3 is 9.80 Å². The van der Waals surface area contributed by atoms with Crippen LogP contribution in [0.4, 0.5) is 0 Å². The van der Waals surface area contributed by atoms with Crippen LogP contribution in [0.25, 0.3) is 0 Å². The third kappa shape index (κ3) is 8.59. The highest BCUT2D eigenvalue weighted by molar-refractivity contribution is 5.77. The summed E-state index contributed by atoms with van der Waals surface area (Å²) in [5.74, 6) is 0.236. The summed E-state index contributed by atoms with van der Waals surface area (Å²) in [6.45, 7) is 13.1. The molecule has 0 unspecified atom stereocenters. The topological polar surface area (TPSA) is 43.9 Å². The molecule has 0 saturated carbocycles. The molecule has 19 heavy (non-hydrogen) atoms. The van der Waals surface area contributed by atoms with E-state index in [0.29, 0.717) is 6.54 Å². The van der Waals surface area contributed by atoms with Gasteiger partial charge >= 0.3 is 0 Å².